The first-order valence-corrected chi connectivity index (χ1v) is 6.39. The summed E-state index contributed by atoms with van der Waals surface area (Å²) in [4.78, 5) is 15.0. The van der Waals surface area contributed by atoms with Gasteiger partial charge in [0.2, 0.25) is 0 Å². The first-order valence-electron chi connectivity index (χ1n) is 6.39. The van der Waals surface area contributed by atoms with Gasteiger partial charge in [0.05, 0.1) is 12.7 Å². The number of nitrogens with zero attached hydrogens (tertiary/aromatic N) is 1. The van der Waals surface area contributed by atoms with Gasteiger partial charge in [0.25, 0.3) is 0 Å². The summed E-state index contributed by atoms with van der Waals surface area (Å²) in [6.07, 6.45) is 3.01. The van der Waals surface area contributed by atoms with Crippen LogP contribution < -0.4 is 4.74 Å². The van der Waals surface area contributed by atoms with Gasteiger partial charge in [0, 0.05) is 18.0 Å². The van der Waals surface area contributed by atoms with Crippen LogP contribution in [0.2, 0.25) is 0 Å². The topological polar surface area (TPSA) is 59.4 Å². The van der Waals surface area contributed by atoms with Gasteiger partial charge in [-0.25, -0.2) is 4.79 Å². The monoisotopic (exact) mass is 271 g/mol. The Morgan fingerprint density at radius 3 is 2.55 bits per heavy atom. The maximum absolute atomic E-state index is 11.0. The summed E-state index contributed by atoms with van der Waals surface area (Å²) in [6, 6.07) is 7.46. The van der Waals surface area contributed by atoms with E-state index < -0.39 is 5.97 Å². The van der Waals surface area contributed by atoms with Crippen molar-refractivity contribution in [1.82, 2.24) is 4.98 Å². The second-order valence-corrected chi connectivity index (χ2v) is 4.88. The van der Waals surface area contributed by atoms with Crippen molar-refractivity contribution >= 4 is 5.97 Å². The molecule has 0 saturated carbocycles. The normalized spacial score (nSPS) is 10.6. The number of carboxylic acids is 1. The summed E-state index contributed by atoms with van der Waals surface area (Å²) in [5, 5.41) is 9.02. The molecule has 0 aliphatic rings. The number of rotatable bonds is 4. The molecule has 1 aromatic carbocycles. The molecule has 104 valence electrons. The Kier molecular flexibility index (Phi) is 4.03. The highest BCUT2D eigenvalue weighted by Crippen LogP contribution is 2.31. The first kappa shape index (κ1) is 14.1. The largest absolute Gasteiger partial charge is 0.496 e. The van der Waals surface area contributed by atoms with Crippen molar-refractivity contribution in [2.45, 2.75) is 19.8 Å². The van der Waals surface area contributed by atoms with Crippen molar-refractivity contribution in [3.05, 3.63) is 47.8 Å². The van der Waals surface area contributed by atoms with Crippen molar-refractivity contribution in [2.24, 2.45) is 0 Å². The van der Waals surface area contributed by atoms with E-state index in [2.05, 4.69) is 18.8 Å². The van der Waals surface area contributed by atoms with Crippen LogP contribution in [0.5, 0.6) is 5.75 Å². The number of carboxylic acid groups (broad SMARTS) is 1. The van der Waals surface area contributed by atoms with Crippen LogP contribution in [0.3, 0.4) is 0 Å². The summed E-state index contributed by atoms with van der Waals surface area (Å²) in [5.74, 6) is 0.184. The van der Waals surface area contributed by atoms with E-state index in [1.54, 1.807) is 19.4 Å². The first-order chi connectivity index (χ1) is 9.52. The molecule has 1 aromatic heterocycles. The summed E-state index contributed by atoms with van der Waals surface area (Å²) in [5.41, 5.74) is 3.00. The minimum absolute atomic E-state index is 0.185. The van der Waals surface area contributed by atoms with Crippen LogP contribution in [0.25, 0.3) is 11.1 Å². The third-order valence-corrected chi connectivity index (χ3v) is 3.17. The van der Waals surface area contributed by atoms with E-state index in [4.69, 9.17) is 9.84 Å². The third-order valence-electron chi connectivity index (χ3n) is 3.17. The van der Waals surface area contributed by atoms with Crippen LogP contribution in [0.4, 0.5) is 0 Å². The molecule has 1 heterocycles. The average Bonchev–Trinajstić information content (AvgIpc) is 2.46. The lowest BCUT2D eigenvalue weighted by molar-refractivity contribution is 0.0696. The Labute approximate surface area is 118 Å². The molecule has 4 heteroatoms. The van der Waals surface area contributed by atoms with E-state index in [1.165, 1.54) is 6.20 Å². The fraction of sp³-hybridized carbons (Fsp3) is 0.250. The van der Waals surface area contributed by atoms with Crippen molar-refractivity contribution in [3.63, 3.8) is 0 Å². The third kappa shape index (κ3) is 2.79. The van der Waals surface area contributed by atoms with Crippen LogP contribution in [0, 0.1) is 0 Å². The molecule has 0 spiro atoms. The number of ether oxygens (including phenoxy) is 1. The zero-order valence-corrected chi connectivity index (χ0v) is 11.8. The number of aromatic nitrogens is 1. The number of pyridine rings is 1. The van der Waals surface area contributed by atoms with Crippen LogP contribution in [-0.2, 0) is 0 Å². The number of hydrogen-bond donors (Lipinski definition) is 1. The van der Waals surface area contributed by atoms with E-state index >= 15 is 0 Å². The quantitative estimate of drug-likeness (QED) is 0.923. The van der Waals surface area contributed by atoms with E-state index in [1.807, 2.05) is 18.2 Å². The molecule has 0 aliphatic heterocycles. The van der Waals surface area contributed by atoms with E-state index in [0.29, 0.717) is 5.92 Å². The van der Waals surface area contributed by atoms with Crippen molar-refractivity contribution < 1.29 is 14.6 Å². The van der Waals surface area contributed by atoms with Gasteiger partial charge in [-0.1, -0.05) is 19.9 Å². The summed E-state index contributed by atoms with van der Waals surface area (Å²) >= 11 is 0. The highest BCUT2D eigenvalue weighted by Gasteiger charge is 2.11. The molecule has 2 rings (SSSR count). The van der Waals surface area contributed by atoms with Crippen molar-refractivity contribution in [3.8, 4) is 16.9 Å². The van der Waals surface area contributed by atoms with E-state index in [-0.39, 0.29) is 5.56 Å². The smallest absolute Gasteiger partial charge is 0.337 e. The molecule has 0 amide bonds. The summed E-state index contributed by atoms with van der Waals surface area (Å²) < 4.78 is 5.35. The van der Waals surface area contributed by atoms with Gasteiger partial charge in [0.1, 0.15) is 5.75 Å². The lowest BCUT2D eigenvalue weighted by Gasteiger charge is -2.13. The molecule has 0 fully saturated rings. The molecule has 0 bridgehead atoms. The average molecular weight is 271 g/mol. The fourth-order valence-electron chi connectivity index (χ4n) is 2.08. The Morgan fingerprint density at radius 2 is 1.95 bits per heavy atom. The van der Waals surface area contributed by atoms with Gasteiger partial charge < -0.3 is 9.84 Å². The van der Waals surface area contributed by atoms with E-state index in [0.717, 1.165) is 22.4 Å². The molecule has 20 heavy (non-hydrogen) atoms. The van der Waals surface area contributed by atoms with Crippen LogP contribution >= 0.6 is 0 Å². The second kappa shape index (κ2) is 5.74. The van der Waals surface area contributed by atoms with Gasteiger partial charge in [-0.3, -0.25) is 4.98 Å². The van der Waals surface area contributed by atoms with Crippen LogP contribution in [0.15, 0.2) is 36.7 Å². The fourth-order valence-corrected chi connectivity index (χ4v) is 2.08. The Hall–Kier alpha value is -2.36. The zero-order chi connectivity index (χ0) is 14.7. The Morgan fingerprint density at radius 1 is 1.20 bits per heavy atom. The highest BCUT2D eigenvalue weighted by molar-refractivity contribution is 5.88. The van der Waals surface area contributed by atoms with Gasteiger partial charge in [-0.2, -0.15) is 0 Å². The Bertz CT molecular complexity index is 635. The molecule has 0 saturated heterocycles. The molecule has 1 N–H and O–H groups in total. The second-order valence-electron chi connectivity index (χ2n) is 4.88. The van der Waals surface area contributed by atoms with Gasteiger partial charge in [-0.15, -0.1) is 0 Å². The molecule has 2 aromatic rings. The number of carbonyl (C=O) groups is 1. The molecule has 0 atom stereocenters. The molecular weight excluding hydrogens is 254 g/mol. The lowest BCUT2D eigenvalue weighted by atomic mass is 9.96. The standard InChI is InChI=1S/C16H17NO3/c1-10(2)14-7-11(4-5-15(14)20-3)12-6-13(16(18)19)9-17-8-12/h4-10H,1-3H3,(H,18,19). The van der Waals surface area contributed by atoms with Crippen LogP contribution in [-0.4, -0.2) is 23.2 Å². The molecule has 0 unspecified atom stereocenters. The summed E-state index contributed by atoms with van der Waals surface area (Å²) in [7, 11) is 1.65. The minimum Gasteiger partial charge on any atom is -0.496 e. The Balaban J connectivity index is 2.50. The van der Waals surface area contributed by atoms with E-state index in [9.17, 15) is 4.79 Å². The van der Waals surface area contributed by atoms with Gasteiger partial charge in [0.15, 0.2) is 0 Å². The van der Waals surface area contributed by atoms with Crippen molar-refractivity contribution in [2.75, 3.05) is 7.11 Å². The maximum atomic E-state index is 11.0. The molecule has 0 radical (unpaired) electrons. The molecule has 4 nitrogen and oxygen atoms in total. The lowest BCUT2D eigenvalue weighted by Crippen LogP contribution is -1.98. The zero-order valence-electron chi connectivity index (χ0n) is 11.8. The van der Waals surface area contributed by atoms with Crippen LogP contribution in [0.1, 0.15) is 35.7 Å². The summed E-state index contributed by atoms with van der Waals surface area (Å²) in [6.45, 7) is 4.18. The number of hydrogen-bond acceptors (Lipinski definition) is 3. The van der Waals surface area contributed by atoms with Crippen molar-refractivity contribution in [1.29, 1.82) is 0 Å². The predicted octanol–water partition coefficient (Wildman–Crippen LogP) is 3.58. The molecular formula is C16H17NO3. The molecule has 0 aliphatic carbocycles. The predicted molar refractivity (Wildman–Crippen MR) is 77.3 cm³/mol. The SMILES string of the molecule is COc1ccc(-c2cncc(C(=O)O)c2)cc1C(C)C. The number of methoxy groups -OCH3 is 1. The minimum atomic E-state index is -0.975. The van der Waals surface area contributed by atoms with Gasteiger partial charge >= 0.3 is 5.97 Å². The van der Waals surface area contributed by atoms with Gasteiger partial charge in [-0.05, 0) is 35.2 Å². The number of benzene rings is 1. The highest BCUT2D eigenvalue weighted by atomic mass is 16.5. The number of aromatic carboxylic acids is 1. The maximum Gasteiger partial charge on any atom is 0.337 e.